The zero-order valence-electron chi connectivity index (χ0n) is 18.1. The molecule has 0 bridgehead atoms. The molecule has 186 valence electrons. The van der Waals surface area contributed by atoms with Crippen LogP contribution in [0.3, 0.4) is 0 Å². The molecule has 1 unspecified atom stereocenters. The SMILES string of the molecule is O=C(O)C(F)(F)F.O=C(O)CC(Cc1ccccc1)S(=O)(=O)N1CCN(c2ccccc2)CC1. The molecular formula is C22H25F3N2O6S. The van der Waals surface area contributed by atoms with Crippen LogP contribution < -0.4 is 4.90 Å². The van der Waals surface area contributed by atoms with Crippen LogP contribution in [0.15, 0.2) is 60.7 Å². The van der Waals surface area contributed by atoms with Gasteiger partial charge in [0.15, 0.2) is 0 Å². The van der Waals surface area contributed by atoms with Crippen molar-refractivity contribution in [3.63, 3.8) is 0 Å². The Kier molecular flexibility index (Phi) is 9.45. The number of para-hydroxylation sites is 1. The molecule has 1 atom stereocenters. The van der Waals surface area contributed by atoms with Gasteiger partial charge in [0.2, 0.25) is 10.0 Å². The first-order chi connectivity index (χ1) is 15.9. The lowest BCUT2D eigenvalue weighted by molar-refractivity contribution is -0.192. The van der Waals surface area contributed by atoms with Gasteiger partial charge in [0.25, 0.3) is 0 Å². The molecule has 1 aliphatic heterocycles. The lowest BCUT2D eigenvalue weighted by Gasteiger charge is -2.37. The first-order valence-corrected chi connectivity index (χ1v) is 11.8. The van der Waals surface area contributed by atoms with Gasteiger partial charge < -0.3 is 15.1 Å². The summed E-state index contributed by atoms with van der Waals surface area (Å²) in [4.78, 5) is 22.3. The van der Waals surface area contributed by atoms with Crippen molar-refractivity contribution in [1.82, 2.24) is 4.31 Å². The highest BCUT2D eigenvalue weighted by Crippen LogP contribution is 2.22. The van der Waals surface area contributed by atoms with E-state index in [2.05, 4.69) is 4.90 Å². The highest BCUT2D eigenvalue weighted by Gasteiger charge is 2.38. The molecule has 34 heavy (non-hydrogen) atoms. The molecule has 2 N–H and O–H groups in total. The van der Waals surface area contributed by atoms with Crippen LogP contribution in [0.25, 0.3) is 0 Å². The van der Waals surface area contributed by atoms with E-state index in [0.29, 0.717) is 26.2 Å². The molecule has 8 nitrogen and oxygen atoms in total. The Hall–Kier alpha value is -3.12. The summed E-state index contributed by atoms with van der Waals surface area (Å²) in [6, 6.07) is 19.1. The summed E-state index contributed by atoms with van der Waals surface area (Å²) in [5, 5.41) is 15.4. The summed E-state index contributed by atoms with van der Waals surface area (Å²) >= 11 is 0. The molecule has 0 radical (unpaired) electrons. The molecule has 2 aromatic carbocycles. The number of hydrogen-bond acceptors (Lipinski definition) is 5. The minimum Gasteiger partial charge on any atom is -0.481 e. The van der Waals surface area contributed by atoms with E-state index in [1.165, 1.54) is 4.31 Å². The molecule has 1 heterocycles. The van der Waals surface area contributed by atoms with Gasteiger partial charge >= 0.3 is 18.1 Å². The van der Waals surface area contributed by atoms with Crippen molar-refractivity contribution >= 4 is 27.6 Å². The first-order valence-electron chi connectivity index (χ1n) is 10.3. The van der Waals surface area contributed by atoms with Gasteiger partial charge in [-0.05, 0) is 24.1 Å². The Morgan fingerprint density at radius 3 is 1.79 bits per heavy atom. The molecule has 0 aromatic heterocycles. The number of aliphatic carboxylic acids is 2. The molecule has 12 heteroatoms. The van der Waals surface area contributed by atoms with Gasteiger partial charge in [0.1, 0.15) is 0 Å². The molecule has 0 saturated carbocycles. The van der Waals surface area contributed by atoms with Crippen LogP contribution in [-0.4, -0.2) is 72.5 Å². The summed E-state index contributed by atoms with van der Waals surface area (Å²) in [5.41, 5.74) is 1.90. The average Bonchev–Trinajstić information content (AvgIpc) is 2.79. The van der Waals surface area contributed by atoms with Gasteiger partial charge in [0.05, 0.1) is 11.7 Å². The zero-order chi connectivity index (χ0) is 25.4. The van der Waals surface area contributed by atoms with Crippen molar-refractivity contribution in [3.05, 3.63) is 66.2 Å². The van der Waals surface area contributed by atoms with E-state index in [9.17, 15) is 31.5 Å². The van der Waals surface area contributed by atoms with Gasteiger partial charge in [-0.15, -0.1) is 0 Å². The van der Waals surface area contributed by atoms with E-state index in [-0.39, 0.29) is 6.42 Å². The van der Waals surface area contributed by atoms with Crippen LogP contribution in [0.2, 0.25) is 0 Å². The number of nitrogens with zero attached hydrogens (tertiary/aromatic N) is 2. The van der Waals surface area contributed by atoms with Crippen molar-refractivity contribution < 1.29 is 41.4 Å². The van der Waals surface area contributed by atoms with E-state index < -0.39 is 39.8 Å². The third-order valence-electron chi connectivity index (χ3n) is 5.09. The number of anilines is 1. The minimum atomic E-state index is -5.08. The van der Waals surface area contributed by atoms with Gasteiger partial charge in [-0.3, -0.25) is 4.79 Å². The van der Waals surface area contributed by atoms with E-state index in [1.807, 2.05) is 60.7 Å². The summed E-state index contributed by atoms with van der Waals surface area (Å²) in [5.74, 6) is -3.85. The second kappa shape index (κ2) is 11.8. The second-order valence-electron chi connectivity index (χ2n) is 7.48. The fourth-order valence-electron chi connectivity index (χ4n) is 3.40. The zero-order valence-corrected chi connectivity index (χ0v) is 18.9. The molecule has 0 spiro atoms. The first kappa shape index (κ1) is 27.1. The van der Waals surface area contributed by atoms with Crippen LogP contribution in [0.1, 0.15) is 12.0 Å². The molecule has 2 aromatic rings. The van der Waals surface area contributed by atoms with Crippen LogP contribution >= 0.6 is 0 Å². The molecule has 1 aliphatic rings. The van der Waals surface area contributed by atoms with E-state index in [0.717, 1.165) is 11.3 Å². The smallest absolute Gasteiger partial charge is 0.481 e. The van der Waals surface area contributed by atoms with Crippen molar-refractivity contribution in [2.45, 2.75) is 24.3 Å². The molecule has 0 aliphatic carbocycles. The summed E-state index contributed by atoms with van der Waals surface area (Å²) in [7, 11) is -3.70. The average molecular weight is 503 g/mol. The monoisotopic (exact) mass is 502 g/mol. The number of sulfonamides is 1. The van der Waals surface area contributed by atoms with Crippen molar-refractivity contribution in [2.24, 2.45) is 0 Å². The maximum atomic E-state index is 13.1. The van der Waals surface area contributed by atoms with Gasteiger partial charge in [0, 0.05) is 31.9 Å². The maximum Gasteiger partial charge on any atom is 0.490 e. The minimum absolute atomic E-state index is 0.203. The molecule has 1 saturated heterocycles. The van der Waals surface area contributed by atoms with Crippen molar-refractivity contribution in [2.75, 3.05) is 31.1 Å². The van der Waals surface area contributed by atoms with Crippen LogP contribution in [0.4, 0.5) is 18.9 Å². The van der Waals surface area contributed by atoms with Crippen LogP contribution in [0.5, 0.6) is 0 Å². The number of halogens is 3. The second-order valence-corrected chi connectivity index (χ2v) is 9.69. The molecular weight excluding hydrogens is 477 g/mol. The number of carbonyl (C=O) groups is 2. The van der Waals surface area contributed by atoms with Gasteiger partial charge in [-0.2, -0.15) is 17.5 Å². The molecule has 0 amide bonds. The standard InChI is InChI=1S/C20H24N2O4S.C2HF3O2/c23-20(24)16-19(15-17-7-3-1-4-8-17)27(25,26)22-13-11-21(12-14-22)18-9-5-2-6-10-18;3-2(4,5)1(6)7/h1-10,19H,11-16H2,(H,23,24);(H,6,7). The van der Waals surface area contributed by atoms with E-state index >= 15 is 0 Å². The largest absolute Gasteiger partial charge is 0.490 e. The van der Waals surface area contributed by atoms with Crippen molar-refractivity contribution in [3.8, 4) is 0 Å². The predicted molar refractivity (Wildman–Crippen MR) is 119 cm³/mol. The summed E-state index contributed by atoms with van der Waals surface area (Å²) < 4.78 is 59.4. The quantitative estimate of drug-likeness (QED) is 0.598. The van der Waals surface area contributed by atoms with Gasteiger partial charge in [-0.1, -0.05) is 48.5 Å². The Labute approximate surface area is 195 Å². The van der Waals surface area contributed by atoms with Crippen LogP contribution in [0, 0.1) is 0 Å². The van der Waals surface area contributed by atoms with Gasteiger partial charge in [-0.25, -0.2) is 13.2 Å². The number of alkyl halides is 3. The van der Waals surface area contributed by atoms with Crippen molar-refractivity contribution in [1.29, 1.82) is 0 Å². The third-order valence-corrected chi connectivity index (χ3v) is 7.35. The van der Waals surface area contributed by atoms with E-state index in [1.54, 1.807) is 0 Å². The lowest BCUT2D eigenvalue weighted by atomic mass is 10.1. The number of rotatable bonds is 7. The normalized spacial score (nSPS) is 15.7. The highest BCUT2D eigenvalue weighted by atomic mass is 32.2. The Morgan fingerprint density at radius 1 is 0.882 bits per heavy atom. The summed E-state index contributed by atoms with van der Waals surface area (Å²) in [6.07, 6.45) is -5.27. The molecule has 1 fully saturated rings. The topological polar surface area (TPSA) is 115 Å². The van der Waals surface area contributed by atoms with E-state index in [4.69, 9.17) is 9.90 Å². The number of benzene rings is 2. The fraction of sp³-hybridized carbons (Fsp3) is 0.364. The predicted octanol–water partition coefficient (Wildman–Crippen LogP) is 2.86. The highest BCUT2D eigenvalue weighted by molar-refractivity contribution is 7.89. The Bertz CT molecular complexity index is 1040. The van der Waals surface area contributed by atoms with Crippen LogP contribution in [-0.2, 0) is 26.0 Å². The molecule has 3 rings (SSSR count). The third kappa shape index (κ3) is 8.03. The summed E-state index contributed by atoms with van der Waals surface area (Å²) in [6.45, 7) is 1.91. The number of carboxylic acid groups (broad SMARTS) is 2. The number of carboxylic acids is 2. The fourth-order valence-corrected chi connectivity index (χ4v) is 5.26. The Morgan fingerprint density at radius 2 is 1.35 bits per heavy atom. The number of piperazine rings is 1. The lowest BCUT2D eigenvalue weighted by Crippen LogP contribution is -2.51. The Balaban J connectivity index is 0.000000509. The maximum absolute atomic E-state index is 13.1. The number of hydrogen-bond donors (Lipinski definition) is 2.